The average molecular weight is 444 g/mol. The Bertz CT molecular complexity index is 1440. The molecule has 5 aromatic rings. The van der Waals surface area contributed by atoms with Crippen LogP contribution in [0.25, 0.3) is 38.8 Å². The molecule has 0 saturated carbocycles. The summed E-state index contributed by atoms with van der Waals surface area (Å²) in [6.45, 7) is 2.10. The largest absolute Gasteiger partial charge is 0.493 e. The van der Waals surface area contributed by atoms with Gasteiger partial charge in [-0.1, -0.05) is 54.9 Å². The number of para-hydroxylation sites is 1. The minimum absolute atomic E-state index is 0.636. The molecule has 0 aliphatic heterocycles. The van der Waals surface area contributed by atoms with E-state index in [-0.39, 0.29) is 0 Å². The van der Waals surface area contributed by atoms with Crippen LogP contribution >= 0.6 is 11.6 Å². The highest BCUT2D eigenvalue weighted by molar-refractivity contribution is 6.33. The zero-order valence-corrected chi connectivity index (χ0v) is 18.8. The Hall–Kier alpha value is -3.57. The summed E-state index contributed by atoms with van der Waals surface area (Å²) in [4.78, 5) is 5.13. The Morgan fingerprint density at radius 3 is 2.19 bits per heavy atom. The second-order valence-electron chi connectivity index (χ2n) is 7.44. The number of aryl methyl sites for hydroxylation is 1. The van der Waals surface area contributed by atoms with Crippen LogP contribution in [0.4, 0.5) is 0 Å². The normalized spacial score (nSPS) is 11.2. The first-order valence-electron chi connectivity index (χ1n) is 10.4. The molecule has 0 amide bonds. The van der Waals surface area contributed by atoms with Crippen LogP contribution in [0.3, 0.4) is 0 Å². The van der Waals surface area contributed by atoms with Crippen molar-refractivity contribution in [1.82, 2.24) is 14.8 Å². The molecule has 2 heterocycles. The second kappa shape index (κ2) is 8.17. The maximum atomic E-state index is 6.61. The highest BCUT2D eigenvalue weighted by Crippen LogP contribution is 2.42. The predicted molar refractivity (Wildman–Crippen MR) is 129 cm³/mol. The molecule has 0 unspecified atom stereocenters. The number of pyridine rings is 1. The highest BCUT2D eigenvalue weighted by atomic mass is 35.5. The summed E-state index contributed by atoms with van der Waals surface area (Å²) < 4.78 is 13.1. The van der Waals surface area contributed by atoms with Gasteiger partial charge < -0.3 is 9.47 Å². The maximum absolute atomic E-state index is 6.61. The molecule has 0 saturated heterocycles. The van der Waals surface area contributed by atoms with E-state index in [1.807, 2.05) is 71.4 Å². The van der Waals surface area contributed by atoms with E-state index < -0.39 is 0 Å². The van der Waals surface area contributed by atoms with Crippen LogP contribution in [-0.4, -0.2) is 29.0 Å². The van der Waals surface area contributed by atoms with E-state index in [1.165, 1.54) is 0 Å². The first kappa shape index (κ1) is 20.3. The van der Waals surface area contributed by atoms with E-state index in [1.54, 1.807) is 14.2 Å². The molecule has 0 spiro atoms. The van der Waals surface area contributed by atoms with Gasteiger partial charge in [-0.15, -0.1) is 0 Å². The molecule has 0 aliphatic carbocycles. The van der Waals surface area contributed by atoms with Crippen LogP contribution < -0.4 is 9.47 Å². The van der Waals surface area contributed by atoms with Crippen molar-refractivity contribution in [3.8, 4) is 28.4 Å². The lowest BCUT2D eigenvalue weighted by molar-refractivity contribution is 0.356. The van der Waals surface area contributed by atoms with Crippen LogP contribution in [0.2, 0.25) is 5.02 Å². The maximum Gasteiger partial charge on any atom is 0.164 e. The molecule has 0 atom stereocenters. The standard InChI is InChI=1S/C26H22ClN3O2/c1-4-21-24-18-14-22(31-2)23(32-3)15-19(18)25(17-12-8-9-13-20(17)27)28-26(24)30(29-21)16-10-6-5-7-11-16/h5-15H,4H2,1-3H3. The Kier molecular flexibility index (Phi) is 5.19. The Morgan fingerprint density at radius 2 is 1.53 bits per heavy atom. The van der Waals surface area contributed by atoms with Gasteiger partial charge >= 0.3 is 0 Å². The van der Waals surface area contributed by atoms with Crippen LogP contribution in [0, 0.1) is 0 Å². The van der Waals surface area contributed by atoms with Crippen LogP contribution in [0.5, 0.6) is 11.5 Å². The first-order valence-corrected chi connectivity index (χ1v) is 10.8. The summed E-state index contributed by atoms with van der Waals surface area (Å²) in [5.74, 6) is 1.30. The van der Waals surface area contributed by atoms with Gasteiger partial charge in [-0.2, -0.15) is 5.10 Å². The number of methoxy groups -OCH3 is 2. The van der Waals surface area contributed by atoms with E-state index in [9.17, 15) is 0 Å². The number of benzene rings is 3. The number of hydrogen-bond donors (Lipinski definition) is 0. The summed E-state index contributed by atoms with van der Waals surface area (Å²) in [5, 5.41) is 8.51. The predicted octanol–water partition coefficient (Wildman–Crippen LogP) is 6.47. The number of halogens is 1. The van der Waals surface area contributed by atoms with Gasteiger partial charge in [0.2, 0.25) is 0 Å². The highest BCUT2D eigenvalue weighted by Gasteiger charge is 2.22. The van der Waals surface area contributed by atoms with Gasteiger partial charge in [0.25, 0.3) is 0 Å². The van der Waals surface area contributed by atoms with Crippen molar-refractivity contribution in [2.45, 2.75) is 13.3 Å². The molecule has 0 radical (unpaired) electrons. The van der Waals surface area contributed by atoms with E-state index in [2.05, 4.69) is 6.92 Å². The number of hydrogen-bond acceptors (Lipinski definition) is 4. The van der Waals surface area contributed by atoms with E-state index in [4.69, 9.17) is 31.2 Å². The fourth-order valence-corrected chi connectivity index (χ4v) is 4.36. The first-order chi connectivity index (χ1) is 15.7. The SMILES string of the molecule is CCc1nn(-c2ccccc2)c2nc(-c3ccccc3Cl)c3cc(OC)c(OC)cc3c12. The smallest absolute Gasteiger partial charge is 0.164 e. The van der Waals surface area contributed by atoms with Crippen molar-refractivity contribution in [3.05, 3.63) is 77.4 Å². The Morgan fingerprint density at radius 1 is 0.875 bits per heavy atom. The van der Waals surface area contributed by atoms with Crippen molar-refractivity contribution in [2.75, 3.05) is 14.2 Å². The number of ether oxygens (including phenoxy) is 2. The lowest BCUT2D eigenvalue weighted by Gasteiger charge is -2.14. The molecular weight excluding hydrogens is 422 g/mol. The average Bonchev–Trinajstić information content (AvgIpc) is 3.22. The summed E-state index contributed by atoms with van der Waals surface area (Å²) in [6, 6.07) is 21.8. The minimum Gasteiger partial charge on any atom is -0.493 e. The molecule has 160 valence electrons. The molecule has 5 rings (SSSR count). The molecule has 0 aliphatic rings. The van der Waals surface area contributed by atoms with Crippen LogP contribution in [0.1, 0.15) is 12.6 Å². The molecule has 6 heteroatoms. The fraction of sp³-hybridized carbons (Fsp3) is 0.154. The number of aromatic nitrogens is 3. The fourth-order valence-electron chi connectivity index (χ4n) is 4.14. The third-order valence-electron chi connectivity index (χ3n) is 5.66. The summed E-state index contributed by atoms with van der Waals surface area (Å²) >= 11 is 6.61. The summed E-state index contributed by atoms with van der Waals surface area (Å²) in [6.07, 6.45) is 0.771. The van der Waals surface area contributed by atoms with Crippen molar-refractivity contribution in [2.24, 2.45) is 0 Å². The van der Waals surface area contributed by atoms with Gasteiger partial charge in [0.05, 0.1) is 36.7 Å². The quantitative estimate of drug-likeness (QED) is 0.312. The van der Waals surface area contributed by atoms with E-state index in [0.29, 0.717) is 16.5 Å². The third kappa shape index (κ3) is 3.17. The number of nitrogens with zero attached hydrogens (tertiary/aromatic N) is 3. The van der Waals surface area contributed by atoms with Crippen LogP contribution in [0.15, 0.2) is 66.7 Å². The van der Waals surface area contributed by atoms with Crippen molar-refractivity contribution in [3.63, 3.8) is 0 Å². The van der Waals surface area contributed by atoms with Gasteiger partial charge in [0.15, 0.2) is 17.1 Å². The third-order valence-corrected chi connectivity index (χ3v) is 5.99. The molecule has 5 nitrogen and oxygen atoms in total. The monoisotopic (exact) mass is 443 g/mol. The molecule has 3 aromatic carbocycles. The molecule has 2 aromatic heterocycles. The van der Waals surface area contributed by atoms with Gasteiger partial charge in [-0.05, 0) is 36.8 Å². The topological polar surface area (TPSA) is 49.2 Å². The lowest BCUT2D eigenvalue weighted by Crippen LogP contribution is -1.99. The van der Waals surface area contributed by atoms with E-state index >= 15 is 0 Å². The zero-order chi connectivity index (χ0) is 22.2. The Balaban J connectivity index is 1.98. The van der Waals surface area contributed by atoms with Crippen molar-refractivity contribution >= 4 is 33.4 Å². The molecule has 0 fully saturated rings. The molecular formula is C26H22ClN3O2. The van der Waals surface area contributed by atoms with Gasteiger partial charge in [0, 0.05) is 21.4 Å². The summed E-state index contributed by atoms with van der Waals surface area (Å²) in [7, 11) is 3.28. The van der Waals surface area contributed by atoms with Gasteiger partial charge in [0.1, 0.15) is 0 Å². The molecule has 0 N–H and O–H groups in total. The van der Waals surface area contributed by atoms with Gasteiger partial charge in [-0.3, -0.25) is 0 Å². The minimum atomic E-state index is 0.636. The zero-order valence-electron chi connectivity index (χ0n) is 18.1. The molecule has 32 heavy (non-hydrogen) atoms. The van der Waals surface area contributed by atoms with Crippen molar-refractivity contribution < 1.29 is 9.47 Å². The summed E-state index contributed by atoms with van der Waals surface area (Å²) in [5.41, 5.74) is 4.34. The van der Waals surface area contributed by atoms with E-state index in [0.717, 1.165) is 50.9 Å². The lowest BCUT2D eigenvalue weighted by atomic mass is 9.99. The number of rotatable bonds is 5. The van der Waals surface area contributed by atoms with Gasteiger partial charge in [-0.25, -0.2) is 9.67 Å². The van der Waals surface area contributed by atoms with Crippen molar-refractivity contribution in [1.29, 1.82) is 0 Å². The Labute approximate surface area is 191 Å². The van der Waals surface area contributed by atoms with Crippen LogP contribution in [-0.2, 0) is 6.42 Å². The second-order valence-corrected chi connectivity index (χ2v) is 7.85. The molecule has 0 bridgehead atoms. The number of fused-ring (bicyclic) bond motifs is 3.